The van der Waals surface area contributed by atoms with Crippen molar-refractivity contribution in [2.24, 2.45) is 0 Å². The summed E-state index contributed by atoms with van der Waals surface area (Å²) in [7, 11) is 0. The van der Waals surface area contributed by atoms with Gasteiger partial charge in [-0.25, -0.2) is 0 Å². The summed E-state index contributed by atoms with van der Waals surface area (Å²) in [5.41, 5.74) is 8.29. The highest BCUT2D eigenvalue weighted by Gasteiger charge is 2.22. The molecule has 0 aliphatic rings. The third kappa shape index (κ3) is 4.43. The van der Waals surface area contributed by atoms with Gasteiger partial charge in [-0.15, -0.1) is 0 Å². The number of hydrogen-bond donors (Lipinski definition) is 0. The van der Waals surface area contributed by atoms with E-state index in [4.69, 9.17) is 0 Å². The minimum absolute atomic E-state index is 1.01. The Balaban J connectivity index is 1.78. The molecule has 1 nitrogen and oxygen atoms in total. The van der Waals surface area contributed by atoms with Crippen LogP contribution in [0.2, 0.25) is 0 Å². The highest BCUT2D eigenvalue weighted by Crippen LogP contribution is 2.39. The van der Waals surface area contributed by atoms with Gasteiger partial charge in [0.05, 0.1) is 11.2 Å². The average molecular weight is 502 g/mol. The van der Waals surface area contributed by atoms with Crippen LogP contribution in [-0.2, 0) is 0 Å². The van der Waals surface area contributed by atoms with Gasteiger partial charge in [-0.1, -0.05) is 122 Å². The Bertz CT molecular complexity index is 1980. The van der Waals surface area contributed by atoms with Crippen molar-refractivity contribution in [3.63, 3.8) is 0 Å². The Morgan fingerprint density at radius 3 is 2.21 bits per heavy atom. The zero-order chi connectivity index (χ0) is 26.8. The first-order valence-electron chi connectivity index (χ1n) is 13.4. The fourth-order valence-corrected chi connectivity index (χ4v) is 5.61. The number of benzene rings is 5. The Kier molecular flexibility index (Phi) is 6.57. The summed E-state index contributed by atoms with van der Waals surface area (Å²) in [6.07, 6.45) is 6.51. The second-order valence-corrected chi connectivity index (χ2v) is 9.86. The molecule has 1 heteroatoms. The largest absolute Gasteiger partial charge is 0.309 e. The van der Waals surface area contributed by atoms with E-state index in [-0.39, 0.29) is 0 Å². The molecule has 0 N–H and O–H groups in total. The molecule has 1 aromatic heterocycles. The summed E-state index contributed by atoms with van der Waals surface area (Å²) in [5, 5.41) is 5.85. The van der Waals surface area contributed by atoms with Gasteiger partial charge in [0, 0.05) is 16.6 Å². The van der Waals surface area contributed by atoms with Gasteiger partial charge in [-0.05, 0) is 76.0 Å². The molecule has 0 bridgehead atoms. The zero-order valence-corrected chi connectivity index (χ0v) is 22.4. The van der Waals surface area contributed by atoms with E-state index in [1.165, 1.54) is 44.1 Å². The summed E-state index contributed by atoms with van der Waals surface area (Å²) in [6, 6.07) is 43.2. The fourth-order valence-electron chi connectivity index (χ4n) is 5.61. The fraction of sp³-hybridized carbons (Fsp3) is 0.0526. The number of nitrogens with zero attached hydrogens (tertiary/aromatic N) is 1. The van der Waals surface area contributed by atoms with Crippen LogP contribution in [0.15, 0.2) is 140 Å². The monoisotopic (exact) mass is 501 g/mol. The van der Waals surface area contributed by atoms with E-state index in [1.807, 2.05) is 0 Å². The molecule has 5 aromatic carbocycles. The molecule has 188 valence electrons. The normalized spacial score (nSPS) is 12.9. The van der Waals surface area contributed by atoms with Crippen LogP contribution in [0.1, 0.15) is 23.7 Å². The minimum atomic E-state index is 1.01. The van der Waals surface area contributed by atoms with Crippen molar-refractivity contribution in [1.82, 2.24) is 4.57 Å². The van der Waals surface area contributed by atoms with Gasteiger partial charge in [-0.3, -0.25) is 0 Å². The lowest BCUT2D eigenvalue weighted by molar-refractivity contribution is 1.09. The molecule has 0 radical (unpaired) electrons. The molecule has 0 saturated heterocycles. The quantitative estimate of drug-likeness (QED) is 0.209. The summed E-state index contributed by atoms with van der Waals surface area (Å²) in [5.74, 6) is 0. The summed E-state index contributed by atoms with van der Waals surface area (Å²) in [4.78, 5) is 0. The molecule has 0 spiro atoms. The highest BCUT2D eigenvalue weighted by molar-refractivity contribution is 6.09. The van der Waals surface area contributed by atoms with E-state index in [0.717, 1.165) is 21.7 Å². The number of aryl methyl sites for hydroxylation is 1. The molecule has 0 unspecified atom stereocenters. The van der Waals surface area contributed by atoms with E-state index in [0.29, 0.717) is 0 Å². The summed E-state index contributed by atoms with van der Waals surface area (Å²) < 4.78 is 2.41. The molecular weight excluding hydrogens is 470 g/mol. The zero-order valence-electron chi connectivity index (χ0n) is 22.4. The maximum atomic E-state index is 4.46. The predicted octanol–water partition coefficient (Wildman–Crippen LogP) is 8.36. The Hall–Kier alpha value is -4.88. The van der Waals surface area contributed by atoms with E-state index in [1.54, 1.807) is 0 Å². The van der Waals surface area contributed by atoms with Gasteiger partial charge in [0.25, 0.3) is 0 Å². The average Bonchev–Trinajstić information content (AvgIpc) is 3.28. The van der Waals surface area contributed by atoms with Gasteiger partial charge in [0.1, 0.15) is 0 Å². The topological polar surface area (TPSA) is 4.93 Å². The predicted molar refractivity (Wildman–Crippen MR) is 168 cm³/mol. The SMILES string of the molecule is C=c1cccc/c1=C(/C(=C/C=C\C)c1c(C)c2ccccc2n1-c1ccccc1)c1ccc2ccccc2c1. The maximum absolute atomic E-state index is 4.46. The number of aromatic nitrogens is 1. The molecule has 6 aromatic rings. The molecule has 0 amide bonds. The molecular formula is C38H31N. The van der Waals surface area contributed by atoms with Crippen molar-refractivity contribution in [3.8, 4) is 5.69 Å². The number of hydrogen-bond acceptors (Lipinski definition) is 0. The molecule has 0 saturated carbocycles. The lowest BCUT2D eigenvalue weighted by atomic mass is 9.89. The van der Waals surface area contributed by atoms with E-state index >= 15 is 0 Å². The smallest absolute Gasteiger partial charge is 0.0576 e. The second-order valence-electron chi connectivity index (χ2n) is 9.86. The number of rotatable bonds is 5. The van der Waals surface area contributed by atoms with Crippen molar-refractivity contribution in [2.45, 2.75) is 13.8 Å². The van der Waals surface area contributed by atoms with Crippen LogP contribution in [0.25, 0.3) is 45.1 Å². The third-order valence-corrected chi connectivity index (χ3v) is 7.45. The molecule has 0 aliphatic heterocycles. The summed E-state index contributed by atoms with van der Waals surface area (Å²) in [6.45, 7) is 8.77. The third-order valence-electron chi connectivity index (χ3n) is 7.45. The van der Waals surface area contributed by atoms with Crippen LogP contribution < -0.4 is 10.4 Å². The van der Waals surface area contributed by atoms with Crippen LogP contribution in [0, 0.1) is 6.92 Å². The first kappa shape index (κ1) is 24.5. The van der Waals surface area contributed by atoms with Gasteiger partial charge < -0.3 is 4.57 Å². The van der Waals surface area contributed by atoms with Crippen molar-refractivity contribution in [1.29, 1.82) is 0 Å². The highest BCUT2D eigenvalue weighted by atomic mass is 15.0. The number of allylic oxidation sites excluding steroid dienone is 4. The van der Waals surface area contributed by atoms with Crippen LogP contribution in [-0.4, -0.2) is 4.57 Å². The maximum Gasteiger partial charge on any atom is 0.0576 e. The molecule has 39 heavy (non-hydrogen) atoms. The molecule has 0 atom stereocenters. The van der Waals surface area contributed by atoms with Gasteiger partial charge in [0.15, 0.2) is 0 Å². The molecule has 1 heterocycles. The van der Waals surface area contributed by atoms with Crippen molar-refractivity contribution >= 4 is 39.4 Å². The first-order valence-corrected chi connectivity index (χ1v) is 13.4. The molecule has 0 fully saturated rings. The Morgan fingerprint density at radius 2 is 1.41 bits per heavy atom. The van der Waals surface area contributed by atoms with Crippen LogP contribution in [0.4, 0.5) is 0 Å². The standard InChI is InChI=1S/C38H31N/c1-4-5-20-35(38-28(3)34-22-13-14-23-36(34)39(38)32-18-7-6-8-19-32)37(33-21-12-9-15-27(33)2)31-25-24-29-16-10-11-17-30(29)26-31/h4-26H,2H2,1,3H3/b5-4-,35-20-,37-33-. The number of fused-ring (bicyclic) bond motifs is 2. The van der Waals surface area contributed by atoms with Crippen molar-refractivity contribution < 1.29 is 0 Å². The minimum Gasteiger partial charge on any atom is -0.309 e. The van der Waals surface area contributed by atoms with E-state index in [9.17, 15) is 0 Å². The van der Waals surface area contributed by atoms with Gasteiger partial charge in [0.2, 0.25) is 0 Å². The van der Waals surface area contributed by atoms with Crippen LogP contribution in [0.5, 0.6) is 0 Å². The van der Waals surface area contributed by atoms with Crippen LogP contribution in [0.3, 0.4) is 0 Å². The van der Waals surface area contributed by atoms with Gasteiger partial charge >= 0.3 is 0 Å². The van der Waals surface area contributed by atoms with Crippen molar-refractivity contribution in [2.75, 3.05) is 0 Å². The lowest BCUT2D eigenvalue weighted by Crippen LogP contribution is -2.26. The van der Waals surface area contributed by atoms with Gasteiger partial charge in [-0.2, -0.15) is 0 Å². The molecule has 6 rings (SSSR count). The first-order chi connectivity index (χ1) is 19.2. The van der Waals surface area contributed by atoms with E-state index < -0.39 is 0 Å². The van der Waals surface area contributed by atoms with E-state index in [2.05, 4.69) is 165 Å². The number of para-hydroxylation sites is 2. The Morgan fingerprint density at radius 1 is 0.718 bits per heavy atom. The Labute approximate surface area is 230 Å². The summed E-state index contributed by atoms with van der Waals surface area (Å²) >= 11 is 0. The second kappa shape index (κ2) is 10.5. The van der Waals surface area contributed by atoms with Crippen LogP contribution >= 0.6 is 0 Å². The lowest BCUT2D eigenvalue weighted by Gasteiger charge is -2.19. The van der Waals surface area contributed by atoms with Crippen molar-refractivity contribution in [3.05, 3.63) is 167 Å². The molecule has 0 aliphatic carbocycles.